The molecule has 0 aromatic heterocycles. The Morgan fingerprint density at radius 3 is 2.09 bits per heavy atom. The predicted molar refractivity (Wildman–Crippen MR) is 143 cm³/mol. The van der Waals surface area contributed by atoms with Gasteiger partial charge in [-0.1, -0.05) is 90.4 Å². The minimum absolute atomic E-state index is 0. The Kier molecular flexibility index (Phi) is 23.3. The second kappa shape index (κ2) is 23.2. The standard InChI is InChI=1S/C29H60NO4.ClH/c1-6-7-8-9-10-11-13-18-29(28-16-14-12-15-17-28)19-21-33-26-34-27(2)25-32-24-23-31-22-20-30(3,4)5;/h27-29H,6-26H2,1-5H3;1H/q+1;/p-1. The number of nitrogens with zero attached hydrogens (tertiary/aromatic N) is 1. The fraction of sp³-hybridized carbons (Fsp3) is 1.00. The van der Waals surface area contributed by atoms with Crippen molar-refractivity contribution in [3.63, 3.8) is 0 Å². The summed E-state index contributed by atoms with van der Waals surface area (Å²) in [5, 5.41) is 0. The van der Waals surface area contributed by atoms with E-state index < -0.39 is 0 Å². The molecule has 0 radical (unpaired) electrons. The molecule has 0 amide bonds. The molecule has 212 valence electrons. The average molecular weight is 522 g/mol. The van der Waals surface area contributed by atoms with Gasteiger partial charge in [-0.2, -0.15) is 0 Å². The third kappa shape index (κ3) is 21.8. The first-order chi connectivity index (χ1) is 16.4. The van der Waals surface area contributed by atoms with Crippen LogP contribution in [0.1, 0.15) is 104 Å². The van der Waals surface area contributed by atoms with E-state index in [1.54, 1.807) is 0 Å². The summed E-state index contributed by atoms with van der Waals surface area (Å²) in [6, 6.07) is 0. The summed E-state index contributed by atoms with van der Waals surface area (Å²) in [5.74, 6) is 1.77. The Bertz CT molecular complexity index is 441. The van der Waals surface area contributed by atoms with Crippen LogP contribution in [0.5, 0.6) is 0 Å². The zero-order chi connectivity index (χ0) is 24.9. The maximum absolute atomic E-state index is 5.88. The summed E-state index contributed by atoms with van der Waals surface area (Å²) in [6.45, 7) is 9.17. The summed E-state index contributed by atoms with van der Waals surface area (Å²) in [5.41, 5.74) is 0. The van der Waals surface area contributed by atoms with E-state index in [1.165, 1.54) is 89.9 Å². The Morgan fingerprint density at radius 1 is 0.743 bits per heavy atom. The Labute approximate surface area is 225 Å². The van der Waals surface area contributed by atoms with Gasteiger partial charge < -0.3 is 35.8 Å². The highest BCUT2D eigenvalue weighted by molar-refractivity contribution is 4.74. The van der Waals surface area contributed by atoms with Gasteiger partial charge in [0.2, 0.25) is 0 Å². The molecule has 1 aliphatic carbocycles. The van der Waals surface area contributed by atoms with Crippen LogP contribution in [0.3, 0.4) is 0 Å². The quantitative estimate of drug-likeness (QED) is 0.116. The number of quaternary nitrogens is 1. The monoisotopic (exact) mass is 521 g/mol. The highest BCUT2D eigenvalue weighted by atomic mass is 35.5. The molecule has 2 unspecified atom stereocenters. The van der Waals surface area contributed by atoms with E-state index in [1.807, 2.05) is 6.92 Å². The van der Waals surface area contributed by atoms with Gasteiger partial charge in [-0.25, -0.2) is 0 Å². The summed E-state index contributed by atoms with van der Waals surface area (Å²) in [4.78, 5) is 0. The summed E-state index contributed by atoms with van der Waals surface area (Å²) >= 11 is 0. The lowest BCUT2D eigenvalue weighted by molar-refractivity contribution is -0.870. The van der Waals surface area contributed by atoms with Gasteiger partial charge in [-0.3, -0.25) is 0 Å². The lowest BCUT2D eigenvalue weighted by Crippen LogP contribution is -3.00. The molecule has 0 aromatic rings. The van der Waals surface area contributed by atoms with Crippen molar-refractivity contribution in [3.05, 3.63) is 0 Å². The highest BCUT2D eigenvalue weighted by Gasteiger charge is 2.23. The smallest absolute Gasteiger partial charge is 0.147 e. The fourth-order valence-electron chi connectivity index (χ4n) is 4.90. The van der Waals surface area contributed by atoms with Crippen LogP contribution in [-0.4, -0.2) is 78.1 Å². The molecule has 0 heterocycles. The highest BCUT2D eigenvalue weighted by Crippen LogP contribution is 2.34. The van der Waals surface area contributed by atoms with Gasteiger partial charge in [0, 0.05) is 6.61 Å². The SMILES string of the molecule is CCCCCCCCCC(CCOCOC(C)COCCOCC[N+](C)(C)C)C1CCCCC1.[Cl-]. The van der Waals surface area contributed by atoms with Crippen LogP contribution in [0.15, 0.2) is 0 Å². The number of hydrogen-bond donors (Lipinski definition) is 0. The van der Waals surface area contributed by atoms with E-state index in [-0.39, 0.29) is 18.5 Å². The van der Waals surface area contributed by atoms with E-state index in [0.717, 1.165) is 36.1 Å². The van der Waals surface area contributed by atoms with Crippen LogP contribution in [0, 0.1) is 11.8 Å². The maximum atomic E-state index is 5.88. The molecule has 5 nitrogen and oxygen atoms in total. The van der Waals surface area contributed by atoms with Crippen LogP contribution in [0.4, 0.5) is 0 Å². The Balaban J connectivity index is 0.0000116. The predicted octanol–water partition coefficient (Wildman–Crippen LogP) is 3.84. The van der Waals surface area contributed by atoms with Crippen molar-refractivity contribution in [1.29, 1.82) is 0 Å². The van der Waals surface area contributed by atoms with E-state index in [4.69, 9.17) is 18.9 Å². The Hall–Kier alpha value is 0.0900. The van der Waals surface area contributed by atoms with Crippen molar-refractivity contribution >= 4 is 0 Å². The van der Waals surface area contributed by atoms with E-state index in [2.05, 4.69) is 28.1 Å². The number of unbranched alkanes of at least 4 members (excludes halogenated alkanes) is 6. The van der Waals surface area contributed by atoms with E-state index in [0.29, 0.717) is 26.6 Å². The third-order valence-corrected chi connectivity index (χ3v) is 7.19. The van der Waals surface area contributed by atoms with Crippen LogP contribution in [0.25, 0.3) is 0 Å². The largest absolute Gasteiger partial charge is 1.00 e. The van der Waals surface area contributed by atoms with Crippen molar-refractivity contribution < 1.29 is 35.8 Å². The van der Waals surface area contributed by atoms with Crippen LogP contribution < -0.4 is 12.4 Å². The normalized spacial score (nSPS) is 16.7. The van der Waals surface area contributed by atoms with Crippen LogP contribution in [-0.2, 0) is 18.9 Å². The molecule has 2 atom stereocenters. The van der Waals surface area contributed by atoms with Gasteiger partial charge in [-0.05, 0) is 25.2 Å². The van der Waals surface area contributed by atoms with Crippen molar-refractivity contribution in [2.75, 3.05) is 67.5 Å². The topological polar surface area (TPSA) is 36.9 Å². The van der Waals surface area contributed by atoms with Crippen molar-refractivity contribution in [2.45, 2.75) is 110 Å². The maximum Gasteiger partial charge on any atom is 0.147 e. The lowest BCUT2D eigenvalue weighted by Gasteiger charge is -2.30. The molecule has 35 heavy (non-hydrogen) atoms. The van der Waals surface area contributed by atoms with Gasteiger partial charge in [0.25, 0.3) is 0 Å². The van der Waals surface area contributed by atoms with Crippen molar-refractivity contribution in [2.24, 2.45) is 11.8 Å². The molecule has 1 aliphatic rings. The number of rotatable bonds is 23. The van der Waals surface area contributed by atoms with E-state index >= 15 is 0 Å². The first-order valence-corrected chi connectivity index (χ1v) is 14.6. The number of halogens is 1. The summed E-state index contributed by atoms with van der Waals surface area (Å²) in [7, 11) is 6.52. The molecule has 0 N–H and O–H groups in total. The van der Waals surface area contributed by atoms with Gasteiger partial charge >= 0.3 is 0 Å². The zero-order valence-electron chi connectivity index (χ0n) is 24.0. The Morgan fingerprint density at radius 2 is 1.40 bits per heavy atom. The first-order valence-electron chi connectivity index (χ1n) is 14.6. The van der Waals surface area contributed by atoms with Gasteiger partial charge in [-0.15, -0.1) is 0 Å². The fourth-order valence-corrected chi connectivity index (χ4v) is 4.90. The second-order valence-corrected chi connectivity index (χ2v) is 11.6. The molecule has 6 heteroatoms. The van der Waals surface area contributed by atoms with Gasteiger partial charge in [0.15, 0.2) is 0 Å². The van der Waals surface area contributed by atoms with Crippen LogP contribution in [0.2, 0.25) is 0 Å². The first kappa shape index (κ1) is 35.1. The molecule has 1 saturated carbocycles. The van der Waals surface area contributed by atoms with Gasteiger partial charge in [0.05, 0.1) is 53.7 Å². The van der Waals surface area contributed by atoms with Crippen molar-refractivity contribution in [1.82, 2.24) is 0 Å². The van der Waals surface area contributed by atoms with Crippen molar-refractivity contribution in [3.8, 4) is 0 Å². The zero-order valence-corrected chi connectivity index (χ0v) is 24.8. The molecule has 0 aliphatic heterocycles. The van der Waals surface area contributed by atoms with E-state index in [9.17, 15) is 0 Å². The molecule has 1 fully saturated rings. The molecule has 0 spiro atoms. The minimum Gasteiger partial charge on any atom is -1.00 e. The molecular weight excluding hydrogens is 462 g/mol. The molecule has 0 aromatic carbocycles. The molecule has 0 bridgehead atoms. The third-order valence-electron chi connectivity index (χ3n) is 7.19. The number of ether oxygens (including phenoxy) is 4. The lowest BCUT2D eigenvalue weighted by atomic mass is 9.76. The molecule has 1 rings (SSSR count). The minimum atomic E-state index is 0. The summed E-state index contributed by atoms with van der Waals surface area (Å²) < 4.78 is 23.9. The number of likely N-dealkylation sites (N-methyl/N-ethyl adjacent to an activating group) is 1. The molecular formula is C29H60ClNO4. The number of hydrogen-bond acceptors (Lipinski definition) is 4. The summed E-state index contributed by atoms with van der Waals surface area (Å²) in [6.07, 6.45) is 19.6. The second-order valence-electron chi connectivity index (χ2n) is 11.6. The average Bonchev–Trinajstić information content (AvgIpc) is 2.81. The molecule has 0 saturated heterocycles. The van der Waals surface area contributed by atoms with Crippen LogP contribution >= 0.6 is 0 Å². The van der Waals surface area contributed by atoms with Gasteiger partial charge in [0.1, 0.15) is 13.3 Å².